The van der Waals surface area contributed by atoms with Crippen molar-refractivity contribution in [3.63, 3.8) is 0 Å². The lowest BCUT2D eigenvalue weighted by Crippen LogP contribution is -2.56. The number of hydrogen-bond donors (Lipinski definition) is 2. The summed E-state index contributed by atoms with van der Waals surface area (Å²) in [4.78, 5) is 13.3. The molecule has 0 aliphatic carbocycles. The summed E-state index contributed by atoms with van der Waals surface area (Å²) in [6.07, 6.45) is -4.58. The Morgan fingerprint density at radius 3 is 2.05 bits per heavy atom. The predicted octanol–water partition coefficient (Wildman–Crippen LogP) is 2.10. The number of alkyl halides is 3. The van der Waals surface area contributed by atoms with E-state index in [1.54, 1.807) is 0 Å². The van der Waals surface area contributed by atoms with E-state index < -0.39 is 23.7 Å². The lowest BCUT2D eigenvalue weighted by atomic mass is 9.78. The van der Waals surface area contributed by atoms with E-state index in [1.807, 2.05) is 20.8 Å². The van der Waals surface area contributed by atoms with E-state index in [-0.39, 0.29) is 32.0 Å². The van der Waals surface area contributed by atoms with E-state index in [0.29, 0.717) is 0 Å². The Kier molecular flexibility index (Phi) is 4.39. The molecule has 0 saturated carbocycles. The third-order valence-corrected chi connectivity index (χ3v) is 3.48. The largest absolute Gasteiger partial charge is 0.395 e. The normalized spacial score (nSPS) is 20.3. The highest BCUT2D eigenvalue weighted by atomic mass is 19.4. The summed E-state index contributed by atoms with van der Waals surface area (Å²) in [5.41, 5.74) is 3.07. The first-order chi connectivity index (χ1) is 8.51. The molecule has 4 nitrogen and oxygen atoms in total. The van der Waals surface area contributed by atoms with E-state index in [0.717, 1.165) is 0 Å². The Bertz CT molecular complexity index is 328. The average molecular weight is 281 g/mol. The van der Waals surface area contributed by atoms with Crippen molar-refractivity contribution in [3.05, 3.63) is 0 Å². The van der Waals surface area contributed by atoms with E-state index in [2.05, 4.69) is 5.32 Å². The molecule has 1 aliphatic heterocycles. The van der Waals surface area contributed by atoms with Crippen molar-refractivity contribution >= 4 is 6.03 Å². The highest BCUT2D eigenvalue weighted by molar-refractivity contribution is 5.75. The number of hydrogen-bond acceptors (Lipinski definition) is 2. The molecule has 1 rings (SSSR count). The number of carbonyl (C=O) groups excluding carboxylic acids is 1. The summed E-state index contributed by atoms with van der Waals surface area (Å²) in [6.45, 7) is 5.22. The molecule has 0 aromatic heterocycles. The lowest BCUT2D eigenvalue weighted by molar-refractivity contribution is -0.232. The molecule has 2 amide bonds. The number of nitrogens with zero attached hydrogens (tertiary/aromatic N) is 1. The van der Waals surface area contributed by atoms with Crippen LogP contribution in [0.2, 0.25) is 0 Å². The fourth-order valence-corrected chi connectivity index (χ4v) is 2.14. The SMILES string of the molecule is CC(C)(C)NC(=O)N1CCC(CN)(C(F)(F)F)CC1. The van der Waals surface area contributed by atoms with Crippen LogP contribution in [0.25, 0.3) is 0 Å². The molecule has 19 heavy (non-hydrogen) atoms. The molecular weight excluding hydrogens is 259 g/mol. The number of nitrogens with one attached hydrogen (secondary N) is 1. The fourth-order valence-electron chi connectivity index (χ4n) is 2.14. The Morgan fingerprint density at radius 1 is 1.26 bits per heavy atom. The van der Waals surface area contributed by atoms with Crippen molar-refractivity contribution in [1.29, 1.82) is 0 Å². The van der Waals surface area contributed by atoms with Gasteiger partial charge in [0.25, 0.3) is 0 Å². The minimum atomic E-state index is -4.31. The Hall–Kier alpha value is -0.980. The maximum Gasteiger partial charge on any atom is 0.395 e. The maximum atomic E-state index is 13.0. The first kappa shape index (κ1) is 16.1. The summed E-state index contributed by atoms with van der Waals surface area (Å²) in [5.74, 6) is 0. The number of amides is 2. The molecule has 112 valence electrons. The maximum absolute atomic E-state index is 13.0. The zero-order valence-electron chi connectivity index (χ0n) is 11.6. The van der Waals surface area contributed by atoms with Gasteiger partial charge in [-0.2, -0.15) is 13.2 Å². The summed E-state index contributed by atoms with van der Waals surface area (Å²) < 4.78 is 39.0. The third kappa shape index (κ3) is 3.75. The van der Waals surface area contributed by atoms with Crippen LogP contribution in [0, 0.1) is 5.41 Å². The molecule has 1 heterocycles. The standard InChI is InChI=1S/C12H22F3N3O/c1-10(2,3)17-9(19)18-6-4-11(8-16,5-7-18)12(13,14)15/h4-8,16H2,1-3H3,(H,17,19). The van der Waals surface area contributed by atoms with Gasteiger partial charge in [0, 0.05) is 25.2 Å². The van der Waals surface area contributed by atoms with Crippen LogP contribution < -0.4 is 11.1 Å². The minimum Gasteiger partial charge on any atom is -0.333 e. The van der Waals surface area contributed by atoms with Crippen LogP contribution in [0.5, 0.6) is 0 Å². The van der Waals surface area contributed by atoms with Crippen LogP contribution in [0.15, 0.2) is 0 Å². The van der Waals surface area contributed by atoms with Gasteiger partial charge in [0.15, 0.2) is 0 Å². The quantitative estimate of drug-likeness (QED) is 0.773. The van der Waals surface area contributed by atoms with Crippen molar-refractivity contribution in [2.45, 2.75) is 45.3 Å². The number of urea groups is 1. The van der Waals surface area contributed by atoms with Gasteiger partial charge in [0.05, 0.1) is 5.41 Å². The van der Waals surface area contributed by atoms with Crippen molar-refractivity contribution in [3.8, 4) is 0 Å². The Labute approximate surface area is 111 Å². The molecule has 0 bridgehead atoms. The van der Waals surface area contributed by atoms with E-state index in [4.69, 9.17) is 5.73 Å². The number of carbonyl (C=O) groups is 1. The van der Waals surface area contributed by atoms with Gasteiger partial charge >= 0.3 is 12.2 Å². The van der Waals surface area contributed by atoms with Gasteiger partial charge < -0.3 is 16.0 Å². The second-order valence-corrected chi connectivity index (χ2v) is 6.15. The topological polar surface area (TPSA) is 58.4 Å². The number of halogens is 3. The summed E-state index contributed by atoms with van der Waals surface area (Å²) in [5, 5.41) is 2.75. The monoisotopic (exact) mass is 281 g/mol. The van der Waals surface area contributed by atoms with Crippen LogP contribution in [0.4, 0.5) is 18.0 Å². The van der Waals surface area contributed by atoms with Gasteiger partial charge in [-0.25, -0.2) is 4.79 Å². The molecule has 1 aliphatic rings. The van der Waals surface area contributed by atoms with Crippen LogP contribution >= 0.6 is 0 Å². The van der Waals surface area contributed by atoms with E-state index in [9.17, 15) is 18.0 Å². The predicted molar refractivity (Wildman–Crippen MR) is 66.6 cm³/mol. The smallest absolute Gasteiger partial charge is 0.333 e. The summed E-state index contributed by atoms with van der Waals surface area (Å²) in [6, 6.07) is -0.319. The lowest BCUT2D eigenvalue weighted by Gasteiger charge is -2.42. The number of rotatable bonds is 1. The van der Waals surface area contributed by atoms with Gasteiger partial charge in [-0.1, -0.05) is 0 Å². The van der Waals surface area contributed by atoms with Crippen molar-refractivity contribution in [2.75, 3.05) is 19.6 Å². The second kappa shape index (κ2) is 5.19. The van der Waals surface area contributed by atoms with Crippen molar-refractivity contribution < 1.29 is 18.0 Å². The second-order valence-electron chi connectivity index (χ2n) is 6.15. The number of piperidine rings is 1. The number of likely N-dealkylation sites (tertiary alicyclic amines) is 1. The van der Waals surface area contributed by atoms with Gasteiger partial charge in [-0.3, -0.25) is 0 Å². The number of nitrogens with two attached hydrogens (primary N) is 1. The zero-order valence-corrected chi connectivity index (χ0v) is 11.6. The molecule has 0 aromatic carbocycles. The minimum absolute atomic E-state index is 0.0820. The molecule has 0 atom stereocenters. The molecule has 0 aromatic rings. The Morgan fingerprint density at radius 2 is 1.74 bits per heavy atom. The van der Waals surface area contributed by atoms with Crippen LogP contribution in [-0.2, 0) is 0 Å². The summed E-state index contributed by atoms with van der Waals surface area (Å²) in [7, 11) is 0. The molecule has 1 fully saturated rings. The van der Waals surface area contributed by atoms with Crippen LogP contribution in [-0.4, -0.2) is 42.3 Å². The fraction of sp³-hybridized carbons (Fsp3) is 0.917. The van der Waals surface area contributed by atoms with Gasteiger partial charge in [0.1, 0.15) is 0 Å². The molecule has 7 heteroatoms. The van der Waals surface area contributed by atoms with Crippen molar-refractivity contribution in [2.24, 2.45) is 11.1 Å². The molecule has 0 radical (unpaired) electrons. The van der Waals surface area contributed by atoms with Crippen LogP contribution in [0.3, 0.4) is 0 Å². The van der Waals surface area contributed by atoms with Gasteiger partial charge in [-0.15, -0.1) is 0 Å². The highest BCUT2D eigenvalue weighted by Crippen LogP contribution is 2.45. The molecule has 0 spiro atoms. The zero-order chi connectivity index (χ0) is 14.9. The van der Waals surface area contributed by atoms with E-state index in [1.165, 1.54) is 4.90 Å². The van der Waals surface area contributed by atoms with E-state index >= 15 is 0 Å². The van der Waals surface area contributed by atoms with Gasteiger partial charge in [0.2, 0.25) is 0 Å². The molecule has 0 unspecified atom stereocenters. The first-order valence-electron chi connectivity index (χ1n) is 6.35. The first-order valence-corrected chi connectivity index (χ1v) is 6.35. The highest BCUT2D eigenvalue weighted by Gasteiger charge is 2.55. The molecule has 3 N–H and O–H groups in total. The summed E-state index contributed by atoms with van der Waals surface area (Å²) >= 11 is 0. The van der Waals surface area contributed by atoms with Gasteiger partial charge in [-0.05, 0) is 33.6 Å². The third-order valence-electron chi connectivity index (χ3n) is 3.48. The Balaban J connectivity index is 2.64. The molecule has 1 saturated heterocycles. The van der Waals surface area contributed by atoms with Crippen molar-refractivity contribution in [1.82, 2.24) is 10.2 Å². The van der Waals surface area contributed by atoms with Crippen LogP contribution in [0.1, 0.15) is 33.6 Å². The average Bonchev–Trinajstić information content (AvgIpc) is 2.25. The molecular formula is C12H22F3N3O.